The maximum absolute atomic E-state index is 12.9. The SMILES string of the molecule is O=C(CSc1nnc(-c2cccc(S(=O)(=O)N3CCOCC3)c2)o1)c1cccc(Br)c1. The lowest BCUT2D eigenvalue weighted by Gasteiger charge is -2.26. The third kappa shape index (κ3) is 5.24. The summed E-state index contributed by atoms with van der Waals surface area (Å²) in [7, 11) is -3.63. The predicted molar refractivity (Wildman–Crippen MR) is 119 cm³/mol. The summed E-state index contributed by atoms with van der Waals surface area (Å²) in [6.07, 6.45) is 0. The number of carbonyl (C=O) groups excluding carboxylic acids is 1. The largest absolute Gasteiger partial charge is 0.411 e. The van der Waals surface area contributed by atoms with Gasteiger partial charge in [0.25, 0.3) is 5.22 Å². The van der Waals surface area contributed by atoms with Gasteiger partial charge >= 0.3 is 0 Å². The molecule has 1 aliphatic rings. The number of Topliss-reactive ketones (excluding diaryl/α,β-unsaturated/α-hetero) is 1. The van der Waals surface area contributed by atoms with Crippen molar-refractivity contribution in [3.8, 4) is 11.5 Å². The van der Waals surface area contributed by atoms with E-state index in [1.165, 1.54) is 16.4 Å². The van der Waals surface area contributed by atoms with Crippen molar-refractivity contribution in [1.82, 2.24) is 14.5 Å². The van der Waals surface area contributed by atoms with E-state index in [0.717, 1.165) is 16.2 Å². The Balaban J connectivity index is 1.46. The zero-order valence-corrected chi connectivity index (χ0v) is 19.5. The van der Waals surface area contributed by atoms with E-state index in [1.807, 2.05) is 6.07 Å². The number of thioether (sulfide) groups is 1. The van der Waals surface area contributed by atoms with Crippen molar-refractivity contribution in [1.29, 1.82) is 0 Å². The highest BCUT2D eigenvalue weighted by molar-refractivity contribution is 9.10. The van der Waals surface area contributed by atoms with Crippen LogP contribution >= 0.6 is 27.7 Å². The number of benzene rings is 2. The van der Waals surface area contributed by atoms with Gasteiger partial charge in [0.15, 0.2) is 5.78 Å². The Morgan fingerprint density at radius 1 is 1.10 bits per heavy atom. The van der Waals surface area contributed by atoms with Crippen LogP contribution < -0.4 is 0 Å². The van der Waals surface area contributed by atoms with E-state index in [4.69, 9.17) is 9.15 Å². The van der Waals surface area contributed by atoms with Crippen LogP contribution in [0, 0.1) is 0 Å². The molecule has 31 heavy (non-hydrogen) atoms. The normalized spacial score (nSPS) is 15.1. The maximum Gasteiger partial charge on any atom is 0.277 e. The molecule has 0 radical (unpaired) electrons. The van der Waals surface area contributed by atoms with Gasteiger partial charge < -0.3 is 9.15 Å². The van der Waals surface area contributed by atoms with E-state index in [-0.39, 0.29) is 27.5 Å². The van der Waals surface area contributed by atoms with Crippen LogP contribution in [-0.2, 0) is 14.8 Å². The highest BCUT2D eigenvalue weighted by Gasteiger charge is 2.27. The van der Waals surface area contributed by atoms with Crippen molar-refractivity contribution in [2.45, 2.75) is 10.1 Å². The Kier molecular flexibility index (Phi) is 6.87. The molecule has 0 aliphatic carbocycles. The smallest absolute Gasteiger partial charge is 0.277 e. The van der Waals surface area contributed by atoms with Crippen LogP contribution in [0.25, 0.3) is 11.5 Å². The maximum atomic E-state index is 12.9. The summed E-state index contributed by atoms with van der Waals surface area (Å²) in [6.45, 7) is 1.39. The van der Waals surface area contributed by atoms with Gasteiger partial charge in [-0.3, -0.25) is 4.79 Å². The molecular weight excluding hydrogens is 506 g/mol. The average Bonchev–Trinajstić information content (AvgIpc) is 3.27. The summed E-state index contributed by atoms with van der Waals surface area (Å²) in [5.74, 6) is 0.268. The molecule has 2 heterocycles. The molecule has 0 saturated carbocycles. The molecule has 0 bridgehead atoms. The third-order valence-corrected chi connectivity index (χ3v) is 7.77. The topological polar surface area (TPSA) is 103 Å². The number of morpholine rings is 1. The summed E-state index contributed by atoms with van der Waals surface area (Å²) in [4.78, 5) is 12.5. The number of sulfonamides is 1. The average molecular weight is 524 g/mol. The Morgan fingerprint density at radius 3 is 2.65 bits per heavy atom. The lowest BCUT2D eigenvalue weighted by molar-refractivity contribution is 0.0730. The molecule has 1 aliphatic heterocycles. The fourth-order valence-electron chi connectivity index (χ4n) is 2.98. The van der Waals surface area contributed by atoms with Crippen LogP contribution in [0.4, 0.5) is 0 Å². The Labute approximate surface area is 192 Å². The Hall–Kier alpha value is -2.05. The van der Waals surface area contributed by atoms with Crippen molar-refractivity contribution in [3.63, 3.8) is 0 Å². The molecule has 1 saturated heterocycles. The van der Waals surface area contributed by atoms with Crippen molar-refractivity contribution in [3.05, 3.63) is 58.6 Å². The van der Waals surface area contributed by atoms with Gasteiger partial charge in [-0.05, 0) is 30.3 Å². The first kappa shape index (κ1) is 22.2. The number of halogens is 1. The molecule has 0 spiro atoms. The van der Waals surface area contributed by atoms with E-state index in [1.54, 1.807) is 30.3 Å². The van der Waals surface area contributed by atoms with Gasteiger partial charge in [0.2, 0.25) is 15.9 Å². The highest BCUT2D eigenvalue weighted by atomic mass is 79.9. The van der Waals surface area contributed by atoms with Crippen molar-refractivity contribution < 1.29 is 22.4 Å². The second-order valence-electron chi connectivity index (χ2n) is 6.64. The number of aromatic nitrogens is 2. The molecule has 0 amide bonds. The lowest BCUT2D eigenvalue weighted by atomic mass is 10.2. The van der Waals surface area contributed by atoms with Gasteiger partial charge in [-0.2, -0.15) is 4.31 Å². The van der Waals surface area contributed by atoms with Crippen LogP contribution in [0.1, 0.15) is 10.4 Å². The number of ketones is 1. The van der Waals surface area contributed by atoms with E-state index in [9.17, 15) is 13.2 Å². The highest BCUT2D eigenvalue weighted by Crippen LogP contribution is 2.27. The summed E-state index contributed by atoms with van der Waals surface area (Å²) in [5, 5.41) is 8.20. The fourth-order valence-corrected chi connectivity index (χ4v) is 5.49. The summed E-state index contributed by atoms with van der Waals surface area (Å²) < 4.78 is 38.8. The van der Waals surface area contributed by atoms with Gasteiger partial charge in [0.1, 0.15) is 0 Å². The molecular formula is C20H18BrN3O5S2. The molecule has 2 aromatic carbocycles. The van der Waals surface area contributed by atoms with Gasteiger partial charge in [0.05, 0.1) is 23.9 Å². The first-order valence-corrected chi connectivity index (χ1v) is 12.6. The molecule has 8 nitrogen and oxygen atoms in total. The number of nitrogens with zero attached hydrogens (tertiary/aromatic N) is 3. The van der Waals surface area contributed by atoms with Crippen molar-refractivity contribution in [2.75, 3.05) is 32.1 Å². The zero-order chi connectivity index (χ0) is 21.8. The van der Waals surface area contributed by atoms with E-state index in [2.05, 4.69) is 26.1 Å². The number of hydrogen-bond donors (Lipinski definition) is 0. The molecule has 4 rings (SSSR count). The zero-order valence-electron chi connectivity index (χ0n) is 16.2. The van der Waals surface area contributed by atoms with Crippen molar-refractivity contribution >= 4 is 43.5 Å². The number of hydrogen-bond acceptors (Lipinski definition) is 8. The number of carbonyl (C=O) groups is 1. The molecule has 162 valence electrons. The number of ether oxygens (including phenoxy) is 1. The number of rotatable bonds is 7. The van der Waals surface area contributed by atoms with Crippen LogP contribution in [0.15, 0.2) is 67.5 Å². The Morgan fingerprint density at radius 2 is 1.87 bits per heavy atom. The van der Waals surface area contributed by atoms with Crippen LogP contribution in [0.5, 0.6) is 0 Å². The van der Waals surface area contributed by atoms with Crippen LogP contribution in [-0.4, -0.2) is 60.8 Å². The second kappa shape index (κ2) is 9.61. The quantitative estimate of drug-likeness (QED) is 0.342. The molecule has 1 aromatic heterocycles. The van der Waals surface area contributed by atoms with Gasteiger partial charge in [-0.25, -0.2) is 8.42 Å². The van der Waals surface area contributed by atoms with E-state index in [0.29, 0.717) is 37.4 Å². The van der Waals surface area contributed by atoms with E-state index >= 15 is 0 Å². The van der Waals surface area contributed by atoms with Gasteiger partial charge in [-0.15, -0.1) is 10.2 Å². The molecule has 11 heteroatoms. The molecule has 0 unspecified atom stereocenters. The van der Waals surface area contributed by atoms with Crippen molar-refractivity contribution in [2.24, 2.45) is 0 Å². The monoisotopic (exact) mass is 523 g/mol. The summed E-state index contributed by atoms with van der Waals surface area (Å²) in [5.41, 5.74) is 1.08. The van der Waals surface area contributed by atoms with Gasteiger partial charge in [-0.1, -0.05) is 45.9 Å². The first-order valence-electron chi connectivity index (χ1n) is 9.37. The van der Waals surface area contributed by atoms with Crippen LogP contribution in [0.3, 0.4) is 0 Å². The predicted octanol–water partition coefficient (Wildman–Crippen LogP) is 3.50. The standard InChI is InChI=1S/C20H18BrN3O5S2/c21-16-5-1-3-14(11-16)18(25)13-30-20-23-22-19(29-20)15-4-2-6-17(12-15)31(26,27)24-7-9-28-10-8-24/h1-6,11-12H,7-10,13H2. The third-order valence-electron chi connectivity index (χ3n) is 4.57. The van der Waals surface area contributed by atoms with Gasteiger partial charge in [0, 0.05) is 28.7 Å². The minimum atomic E-state index is -3.63. The minimum absolute atomic E-state index is 0.0651. The minimum Gasteiger partial charge on any atom is -0.411 e. The van der Waals surface area contributed by atoms with Crippen LogP contribution in [0.2, 0.25) is 0 Å². The van der Waals surface area contributed by atoms with E-state index < -0.39 is 10.0 Å². The second-order valence-corrected chi connectivity index (χ2v) is 10.4. The lowest BCUT2D eigenvalue weighted by Crippen LogP contribution is -2.40. The summed E-state index contributed by atoms with van der Waals surface area (Å²) in [6, 6.07) is 13.5. The first-order chi connectivity index (χ1) is 14.9. The summed E-state index contributed by atoms with van der Waals surface area (Å²) >= 11 is 4.48. The molecule has 0 atom stereocenters. The Bertz CT molecular complexity index is 1190. The molecule has 0 N–H and O–H groups in total. The molecule has 3 aromatic rings. The fraction of sp³-hybridized carbons (Fsp3) is 0.250. The molecule has 1 fully saturated rings.